The number of piperidine rings is 1. The highest BCUT2D eigenvalue weighted by Gasteiger charge is 2.25. The molecule has 0 bridgehead atoms. The van der Waals surface area contributed by atoms with Gasteiger partial charge in [0.05, 0.1) is 18.8 Å². The molecule has 134 valence electrons. The van der Waals surface area contributed by atoms with Gasteiger partial charge in [-0.25, -0.2) is 4.68 Å². The molecule has 0 spiro atoms. The van der Waals surface area contributed by atoms with Gasteiger partial charge in [0.15, 0.2) is 0 Å². The summed E-state index contributed by atoms with van der Waals surface area (Å²) < 4.78 is 1.99. The van der Waals surface area contributed by atoms with Crippen LogP contribution in [0, 0.1) is 0 Å². The van der Waals surface area contributed by atoms with Crippen LogP contribution in [-0.4, -0.2) is 50.4 Å². The monoisotopic (exact) mass is 342 g/mol. The number of H-pyrrole nitrogens is 1. The van der Waals surface area contributed by atoms with Crippen molar-refractivity contribution in [1.29, 1.82) is 0 Å². The minimum Gasteiger partial charge on any atom is -0.310 e. The first-order valence-electron chi connectivity index (χ1n) is 9.34. The minimum atomic E-state index is 0.0463. The molecule has 7 heteroatoms. The van der Waals surface area contributed by atoms with Crippen molar-refractivity contribution in [3.05, 3.63) is 30.2 Å². The van der Waals surface area contributed by atoms with Gasteiger partial charge in [0.2, 0.25) is 5.91 Å². The fraction of sp³-hybridized carbons (Fsp3) is 0.611. The van der Waals surface area contributed by atoms with Crippen molar-refractivity contribution in [2.45, 2.75) is 50.5 Å². The van der Waals surface area contributed by atoms with Crippen molar-refractivity contribution in [3.63, 3.8) is 0 Å². The highest BCUT2D eigenvalue weighted by Crippen LogP contribution is 2.31. The molecule has 25 heavy (non-hydrogen) atoms. The fourth-order valence-electron chi connectivity index (χ4n) is 4.19. The van der Waals surface area contributed by atoms with Gasteiger partial charge in [-0.1, -0.05) is 12.8 Å². The lowest BCUT2D eigenvalue weighted by Gasteiger charge is -2.31. The number of rotatable bonds is 5. The number of likely N-dealkylation sites (tertiary alicyclic amines) is 1. The Morgan fingerprint density at radius 1 is 1.20 bits per heavy atom. The summed E-state index contributed by atoms with van der Waals surface area (Å²) >= 11 is 0. The van der Waals surface area contributed by atoms with Crippen LogP contribution in [0.15, 0.2) is 24.5 Å². The fourth-order valence-corrected chi connectivity index (χ4v) is 4.19. The first-order chi connectivity index (χ1) is 12.3. The third-order valence-electron chi connectivity index (χ3n) is 5.44. The molecule has 4 rings (SSSR count). The van der Waals surface area contributed by atoms with Crippen LogP contribution >= 0.6 is 0 Å². The third kappa shape index (κ3) is 3.76. The molecule has 1 atom stereocenters. The van der Waals surface area contributed by atoms with Crippen LogP contribution in [0.5, 0.6) is 0 Å². The molecule has 1 saturated heterocycles. The molecule has 3 heterocycles. The maximum absolute atomic E-state index is 12.5. The topological polar surface area (TPSA) is 78.8 Å². The van der Waals surface area contributed by atoms with Gasteiger partial charge in [-0.2, -0.15) is 10.2 Å². The van der Waals surface area contributed by atoms with E-state index in [0.29, 0.717) is 18.5 Å². The zero-order valence-corrected chi connectivity index (χ0v) is 14.5. The van der Waals surface area contributed by atoms with E-state index in [2.05, 4.69) is 25.5 Å². The van der Waals surface area contributed by atoms with Gasteiger partial charge in [-0.3, -0.25) is 14.8 Å². The van der Waals surface area contributed by atoms with Gasteiger partial charge in [0, 0.05) is 30.4 Å². The van der Waals surface area contributed by atoms with Crippen molar-refractivity contribution < 1.29 is 4.79 Å². The molecular formula is C18H26N6O. The van der Waals surface area contributed by atoms with Gasteiger partial charge in [-0.15, -0.1) is 0 Å². The predicted molar refractivity (Wildman–Crippen MR) is 95.4 cm³/mol. The Balaban J connectivity index is 1.34. The van der Waals surface area contributed by atoms with Crippen LogP contribution in [0.2, 0.25) is 0 Å². The average molecular weight is 342 g/mol. The van der Waals surface area contributed by atoms with Gasteiger partial charge in [0.1, 0.15) is 5.82 Å². The van der Waals surface area contributed by atoms with Crippen LogP contribution in [0.4, 0.5) is 5.82 Å². The second kappa shape index (κ2) is 7.39. The van der Waals surface area contributed by atoms with E-state index in [0.717, 1.165) is 44.6 Å². The summed E-state index contributed by atoms with van der Waals surface area (Å²) in [7, 11) is 0. The number of amides is 1. The summed E-state index contributed by atoms with van der Waals surface area (Å²) in [6.07, 6.45) is 10.6. The van der Waals surface area contributed by atoms with Crippen LogP contribution < -0.4 is 5.32 Å². The lowest BCUT2D eigenvalue weighted by molar-refractivity contribution is -0.117. The van der Waals surface area contributed by atoms with Crippen LogP contribution in [0.1, 0.15) is 56.2 Å². The maximum Gasteiger partial charge on any atom is 0.239 e. The lowest BCUT2D eigenvalue weighted by atomic mass is 9.95. The zero-order valence-electron chi connectivity index (χ0n) is 14.5. The average Bonchev–Trinajstić information content (AvgIpc) is 3.37. The maximum atomic E-state index is 12.5. The molecule has 1 aliphatic carbocycles. The first-order valence-corrected chi connectivity index (χ1v) is 9.34. The van der Waals surface area contributed by atoms with E-state index in [-0.39, 0.29) is 5.91 Å². The SMILES string of the molecule is O=C(CN1CCCC(c2ccn[nH]2)C1)Nc1ccnn1C1CCCC1. The molecule has 1 aliphatic heterocycles. The molecule has 1 amide bonds. The van der Waals surface area contributed by atoms with Crippen LogP contribution in [0.3, 0.4) is 0 Å². The number of hydrogen-bond donors (Lipinski definition) is 2. The van der Waals surface area contributed by atoms with E-state index in [1.165, 1.54) is 18.5 Å². The summed E-state index contributed by atoms with van der Waals surface area (Å²) in [5, 5.41) is 14.6. The molecule has 0 radical (unpaired) electrons. The van der Waals surface area contributed by atoms with Crippen LogP contribution in [-0.2, 0) is 4.79 Å². The zero-order chi connectivity index (χ0) is 17.1. The van der Waals surface area contributed by atoms with Crippen molar-refractivity contribution >= 4 is 11.7 Å². The summed E-state index contributed by atoms with van der Waals surface area (Å²) in [5.41, 5.74) is 1.17. The molecule has 2 N–H and O–H groups in total. The Kier molecular flexibility index (Phi) is 4.83. The minimum absolute atomic E-state index is 0.0463. The number of aromatic amines is 1. The van der Waals surface area contributed by atoms with E-state index >= 15 is 0 Å². The Hall–Kier alpha value is -2.15. The summed E-state index contributed by atoms with van der Waals surface area (Å²) in [6, 6.07) is 4.37. The van der Waals surface area contributed by atoms with Gasteiger partial charge < -0.3 is 5.32 Å². The van der Waals surface area contributed by atoms with Crippen molar-refractivity contribution in [2.24, 2.45) is 0 Å². The quantitative estimate of drug-likeness (QED) is 0.875. The predicted octanol–water partition coefficient (Wildman–Crippen LogP) is 2.54. The Bertz CT molecular complexity index is 688. The number of hydrogen-bond acceptors (Lipinski definition) is 4. The van der Waals surface area contributed by atoms with E-state index in [9.17, 15) is 4.79 Å². The van der Waals surface area contributed by atoms with E-state index in [1.807, 2.05) is 16.8 Å². The van der Waals surface area contributed by atoms with E-state index in [1.54, 1.807) is 12.4 Å². The Morgan fingerprint density at radius 3 is 2.88 bits per heavy atom. The highest BCUT2D eigenvalue weighted by atomic mass is 16.2. The largest absolute Gasteiger partial charge is 0.310 e. The smallest absolute Gasteiger partial charge is 0.239 e. The summed E-state index contributed by atoms with van der Waals surface area (Å²) in [5.74, 6) is 1.32. The normalized spacial score (nSPS) is 22.3. The van der Waals surface area contributed by atoms with Gasteiger partial charge in [0.25, 0.3) is 0 Å². The van der Waals surface area contributed by atoms with Crippen LogP contribution in [0.25, 0.3) is 0 Å². The Labute approximate surface area is 147 Å². The molecule has 2 fully saturated rings. The summed E-state index contributed by atoms with van der Waals surface area (Å²) in [4.78, 5) is 14.8. The molecule has 2 aromatic rings. The molecule has 2 aromatic heterocycles. The lowest BCUT2D eigenvalue weighted by Crippen LogP contribution is -2.40. The number of nitrogens with one attached hydrogen (secondary N) is 2. The van der Waals surface area contributed by atoms with Gasteiger partial charge >= 0.3 is 0 Å². The third-order valence-corrected chi connectivity index (χ3v) is 5.44. The summed E-state index contributed by atoms with van der Waals surface area (Å²) in [6.45, 7) is 2.30. The first kappa shape index (κ1) is 16.3. The van der Waals surface area contributed by atoms with E-state index < -0.39 is 0 Å². The number of carbonyl (C=O) groups is 1. The standard InChI is InChI=1S/C18H26N6O/c25-18(21-17-8-10-20-24(17)15-5-1-2-6-15)13-23-11-3-4-14(12-23)16-7-9-19-22-16/h7-10,14-15H,1-6,11-13H2,(H,19,22)(H,21,25). The number of carbonyl (C=O) groups excluding carboxylic acids is 1. The highest BCUT2D eigenvalue weighted by molar-refractivity contribution is 5.91. The molecule has 1 saturated carbocycles. The molecule has 0 aromatic carbocycles. The number of anilines is 1. The van der Waals surface area contributed by atoms with Crippen molar-refractivity contribution in [3.8, 4) is 0 Å². The second-order valence-corrected chi connectivity index (χ2v) is 7.23. The number of aromatic nitrogens is 4. The van der Waals surface area contributed by atoms with Crippen molar-refractivity contribution in [1.82, 2.24) is 24.9 Å². The second-order valence-electron chi connectivity index (χ2n) is 7.23. The number of nitrogens with zero attached hydrogens (tertiary/aromatic N) is 4. The van der Waals surface area contributed by atoms with E-state index in [4.69, 9.17) is 0 Å². The Morgan fingerprint density at radius 2 is 2.08 bits per heavy atom. The molecule has 2 aliphatic rings. The van der Waals surface area contributed by atoms with Gasteiger partial charge in [-0.05, 0) is 38.3 Å². The molecular weight excluding hydrogens is 316 g/mol. The molecule has 7 nitrogen and oxygen atoms in total. The van der Waals surface area contributed by atoms with Crippen molar-refractivity contribution in [2.75, 3.05) is 25.0 Å². The molecule has 1 unspecified atom stereocenters.